The van der Waals surface area contributed by atoms with Crippen molar-refractivity contribution in [3.05, 3.63) is 0 Å². The Hall–Kier alpha value is 0.550. The average molecular weight is 298 g/mol. The summed E-state index contributed by atoms with van der Waals surface area (Å²) in [7, 11) is 0. The largest absolute Gasteiger partial charge is 0.352 e. The molecule has 0 radical (unpaired) electrons. The number of aliphatic imine (C=N–C) groups is 1. The monoisotopic (exact) mass is 298 g/mol. The fourth-order valence-electron chi connectivity index (χ4n) is 1.15. The van der Waals surface area contributed by atoms with Crippen molar-refractivity contribution in [3.63, 3.8) is 0 Å². The van der Waals surface area contributed by atoms with Gasteiger partial charge in [0.15, 0.2) is 5.17 Å². The highest BCUT2D eigenvalue weighted by Gasteiger charge is 2.21. The standard InChI is InChI=1S/C8H15IN2S/c1-3-11(4-2)8-10-6-7(5-9)12-8/h7H,3-6H2,1-2H3. The molecular formula is C8H15IN2S. The van der Waals surface area contributed by atoms with E-state index in [1.54, 1.807) is 0 Å². The van der Waals surface area contributed by atoms with Crippen molar-refractivity contribution in [2.24, 2.45) is 4.99 Å². The second kappa shape index (κ2) is 5.32. The maximum atomic E-state index is 4.53. The topological polar surface area (TPSA) is 15.6 Å². The van der Waals surface area contributed by atoms with Crippen LogP contribution in [0.3, 0.4) is 0 Å². The van der Waals surface area contributed by atoms with Gasteiger partial charge in [0.2, 0.25) is 0 Å². The Morgan fingerprint density at radius 1 is 1.58 bits per heavy atom. The van der Waals surface area contributed by atoms with Gasteiger partial charge in [0.05, 0.1) is 6.54 Å². The Bertz CT molecular complexity index is 168. The summed E-state index contributed by atoms with van der Waals surface area (Å²) in [4.78, 5) is 6.86. The Kier molecular flexibility index (Phi) is 4.71. The first-order valence-corrected chi connectivity index (χ1v) is 6.74. The lowest BCUT2D eigenvalue weighted by atomic mass is 10.5. The third-order valence-electron chi connectivity index (χ3n) is 1.91. The van der Waals surface area contributed by atoms with Gasteiger partial charge >= 0.3 is 0 Å². The zero-order chi connectivity index (χ0) is 8.97. The molecule has 0 aromatic heterocycles. The third kappa shape index (κ3) is 2.52. The summed E-state index contributed by atoms with van der Waals surface area (Å²) in [5.41, 5.74) is 0. The molecule has 0 aliphatic carbocycles. The number of rotatable bonds is 3. The van der Waals surface area contributed by atoms with E-state index in [4.69, 9.17) is 0 Å². The van der Waals surface area contributed by atoms with Crippen molar-refractivity contribution in [1.82, 2.24) is 4.90 Å². The Morgan fingerprint density at radius 3 is 2.67 bits per heavy atom. The van der Waals surface area contributed by atoms with E-state index >= 15 is 0 Å². The third-order valence-corrected chi connectivity index (χ3v) is 4.82. The lowest BCUT2D eigenvalue weighted by Crippen LogP contribution is -2.27. The van der Waals surface area contributed by atoms with Crippen molar-refractivity contribution in [2.45, 2.75) is 19.1 Å². The predicted octanol–water partition coefficient (Wildman–Crippen LogP) is 2.23. The minimum Gasteiger partial charge on any atom is -0.352 e. The highest BCUT2D eigenvalue weighted by molar-refractivity contribution is 14.1. The summed E-state index contributed by atoms with van der Waals surface area (Å²) in [5, 5.41) is 1.97. The van der Waals surface area contributed by atoms with Crippen LogP contribution in [0, 0.1) is 0 Å². The lowest BCUT2D eigenvalue weighted by Gasteiger charge is -2.19. The maximum absolute atomic E-state index is 4.53. The van der Waals surface area contributed by atoms with Gasteiger partial charge in [0, 0.05) is 22.8 Å². The summed E-state index contributed by atoms with van der Waals surface area (Å²) in [6.07, 6.45) is 0. The van der Waals surface area contributed by atoms with Crippen LogP contribution in [0.2, 0.25) is 0 Å². The van der Waals surface area contributed by atoms with Gasteiger partial charge < -0.3 is 4.90 Å². The average Bonchev–Trinajstić information content (AvgIpc) is 2.55. The molecule has 4 heteroatoms. The van der Waals surface area contributed by atoms with E-state index in [-0.39, 0.29) is 0 Å². The summed E-state index contributed by atoms with van der Waals surface area (Å²) >= 11 is 4.37. The van der Waals surface area contributed by atoms with Crippen LogP contribution in [0.25, 0.3) is 0 Å². The molecule has 0 saturated heterocycles. The first-order chi connectivity index (χ1) is 5.81. The molecule has 0 bridgehead atoms. The molecule has 0 aromatic carbocycles. The molecular weight excluding hydrogens is 283 g/mol. The minimum absolute atomic E-state index is 0.723. The Labute approximate surface area is 92.3 Å². The number of alkyl halides is 1. The Morgan fingerprint density at radius 2 is 2.25 bits per heavy atom. The molecule has 0 amide bonds. The molecule has 70 valence electrons. The van der Waals surface area contributed by atoms with Crippen molar-refractivity contribution in [3.8, 4) is 0 Å². The van der Waals surface area contributed by atoms with Crippen molar-refractivity contribution < 1.29 is 0 Å². The van der Waals surface area contributed by atoms with Gasteiger partial charge in [-0.1, -0.05) is 34.4 Å². The smallest absolute Gasteiger partial charge is 0.159 e. The first-order valence-electron chi connectivity index (χ1n) is 4.33. The van der Waals surface area contributed by atoms with Gasteiger partial charge in [-0.15, -0.1) is 0 Å². The number of hydrogen-bond acceptors (Lipinski definition) is 3. The highest BCUT2D eigenvalue weighted by atomic mass is 127. The fourth-order valence-corrected chi connectivity index (χ4v) is 3.04. The van der Waals surface area contributed by atoms with Gasteiger partial charge in [-0.05, 0) is 13.8 Å². The van der Waals surface area contributed by atoms with Gasteiger partial charge in [0.1, 0.15) is 0 Å². The van der Waals surface area contributed by atoms with E-state index in [1.807, 2.05) is 11.8 Å². The molecule has 12 heavy (non-hydrogen) atoms. The zero-order valence-electron chi connectivity index (χ0n) is 7.59. The van der Waals surface area contributed by atoms with E-state index < -0.39 is 0 Å². The predicted molar refractivity (Wildman–Crippen MR) is 65.5 cm³/mol. The number of halogens is 1. The summed E-state index contributed by atoms with van der Waals surface area (Å²) in [6, 6.07) is 0. The first kappa shape index (κ1) is 10.6. The van der Waals surface area contributed by atoms with Crippen molar-refractivity contribution in [2.75, 3.05) is 24.1 Å². The highest BCUT2D eigenvalue weighted by Crippen LogP contribution is 2.24. The van der Waals surface area contributed by atoms with E-state index in [0.717, 1.165) is 24.9 Å². The van der Waals surface area contributed by atoms with Crippen LogP contribution in [0.5, 0.6) is 0 Å². The van der Waals surface area contributed by atoms with Crippen LogP contribution in [0.1, 0.15) is 13.8 Å². The molecule has 0 fully saturated rings. The van der Waals surface area contributed by atoms with E-state index in [2.05, 4.69) is 46.3 Å². The van der Waals surface area contributed by atoms with Gasteiger partial charge in [-0.2, -0.15) is 0 Å². The molecule has 1 unspecified atom stereocenters. The molecule has 1 aliphatic heterocycles. The van der Waals surface area contributed by atoms with Crippen molar-refractivity contribution in [1.29, 1.82) is 0 Å². The van der Waals surface area contributed by atoms with Crippen LogP contribution in [-0.4, -0.2) is 39.4 Å². The molecule has 0 N–H and O–H groups in total. The van der Waals surface area contributed by atoms with E-state index in [0.29, 0.717) is 0 Å². The van der Waals surface area contributed by atoms with Crippen LogP contribution in [0.15, 0.2) is 4.99 Å². The molecule has 0 spiro atoms. The van der Waals surface area contributed by atoms with E-state index in [1.165, 1.54) is 9.60 Å². The van der Waals surface area contributed by atoms with Gasteiger partial charge in [0.25, 0.3) is 0 Å². The van der Waals surface area contributed by atoms with Gasteiger partial charge in [-0.3, -0.25) is 4.99 Å². The molecule has 1 rings (SSSR count). The molecule has 0 aromatic rings. The Balaban J connectivity index is 2.43. The maximum Gasteiger partial charge on any atom is 0.159 e. The summed E-state index contributed by atoms with van der Waals surface area (Å²) in [5.74, 6) is 0. The van der Waals surface area contributed by atoms with Crippen LogP contribution >= 0.6 is 34.4 Å². The van der Waals surface area contributed by atoms with Crippen LogP contribution < -0.4 is 0 Å². The molecule has 2 nitrogen and oxygen atoms in total. The lowest BCUT2D eigenvalue weighted by molar-refractivity contribution is 0.474. The minimum atomic E-state index is 0.723. The normalized spacial score (nSPS) is 22.6. The van der Waals surface area contributed by atoms with Crippen LogP contribution in [-0.2, 0) is 0 Å². The quantitative estimate of drug-likeness (QED) is 0.586. The number of amidine groups is 1. The molecule has 1 atom stereocenters. The van der Waals surface area contributed by atoms with Crippen LogP contribution in [0.4, 0.5) is 0 Å². The number of thioether (sulfide) groups is 1. The SMILES string of the molecule is CCN(CC)C1=NCC(CI)S1. The second-order valence-electron chi connectivity index (χ2n) is 2.69. The summed E-state index contributed by atoms with van der Waals surface area (Å²) < 4.78 is 1.21. The number of nitrogens with zero attached hydrogens (tertiary/aromatic N) is 2. The van der Waals surface area contributed by atoms with Crippen molar-refractivity contribution >= 4 is 39.5 Å². The fraction of sp³-hybridized carbons (Fsp3) is 0.875. The van der Waals surface area contributed by atoms with E-state index in [9.17, 15) is 0 Å². The zero-order valence-corrected chi connectivity index (χ0v) is 10.6. The number of hydrogen-bond donors (Lipinski definition) is 0. The molecule has 1 aliphatic rings. The molecule has 0 saturated carbocycles. The molecule has 1 heterocycles. The van der Waals surface area contributed by atoms with Gasteiger partial charge in [-0.25, -0.2) is 0 Å². The summed E-state index contributed by atoms with van der Waals surface area (Å²) in [6.45, 7) is 7.54. The second-order valence-corrected chi connectivity index (χ2v) is 4.84.